The van der Waals surface area contributed by atoms with Crippen LogP contribution in [0.25, 0.3) is 10.7 Å². The predicted molar refractivity (Wildman–Crippen MR) is 117 cm³/mol. The predicted octanol–water partition coefficient (Wildman–Crippen LogP) is 6.26. The highest BCUT2D eigenvalue weighted by molar-refractivity contribution is 7.13. The third-order valence-electron chi connectivity index (χ3n) is 3.96. The summed E-state index contributed by atoms with van der Waals surface area (Å²) < 4.78 is 0. The van der Waals surface area contributed by atoms with E-state index in [9.17, 15) is 0 Å². The van der Waals surface area contributed by atoms with Crippen molar-refractivity contribution < 1.29 is 0 Å². The van der Waals surface area contributed by atoms with Crippen molar-refractivity contribution in [2.75, 3.05) is 10.6 Å². The van der Waals surface area contributed by atoms with Crippen molar-refractivity contribution in [3.63, 3.8) is 0 Å². The van der Waals surface area contributed by atoms with Crippen LogP contribution in [-0.4, -0.2) is 15.0 Å². The van der Waals surface area contributed by atoms with Crippen molar-refractivity contribution in [2.24, 2.45) is 0 Å². The van der Waals surface area contributed by atoms with Crippen LogP contribution < -0.4 is 10.6 Å². The first kappa shape index (κ1) is 18.7. The van der Waals surface area contributed by atoms with Gasteiger partial charge in [-0.15, -0.1) is 11.3 Å². The fourth-order valence-corrected chi connectivity index (χ4v) is 3.75. The van der Waals surface area contributed by atoms with Gasteiger partial charge in [0.15, 0.2) is 0 Å². The molecule has 0 atom stereocenters. The summed E-state index contributed by atoms with van der Waals surface area (Å²) in [5.41, 5.74) is 3.45. The molecule has 28 heavy (non-hydrogen) atoms. The van der Waals surface area contributed by atoms with E-state index in [1.807, 2.05) is 53.9 Å². The fraction of sp³-hybridized carbons (Fsp3) is 0.0500. The van der Waals surface area contributed by atoms with Crippen LogP contribution in [0.5, 0.6) is 0 Å². The lowest BCUT2D eigenvalue weighted by molar-refractivity contribution is 1.15. The maximum Gasteiger partial charge on any atom is 0.227 e. The molecule has 0 saturated heterocycles. The first-order chi connectivity index (χ1) is 13.7. The molecule has 0 amide bonds. The number of hydrogen-bond acceptors (Lipinski definition) is 6. The zero-order chi connectivity index (χ0) is 19.3. The Morgan fingerprint density at radius 3 is 2.46 bits per heavy atom. The number of nitrogens with zero attached hydrogens (tertiary/aromatic N) is 3. The normalized spacial score (nSPS) is 10.6. The molecule has 0 bridgehead atoms. The molecule has 2 heterocycles. The second-order valence-electron chi connectivity index (χ2n) is 5.86. The van der Waals surface area contributed by atoms with Gasteiger partial charge in [-0.2, -0.15) is 0 Å². The minimum absolute atomic E-state index is 0.513. The van der Waals surface area contributed by atoms with Crippen LogP contribution in [-0.2, 0) is 6.54 Å². The van der Waals surface area contributed by atoms with Gasteiger partial charge >= 0.3 is 0 Å². The van der Waals surface area contributed by atoms with Crippen LogP contribution in [0.15, 0.2) is 66.3 Å². The van der Waals surface area contributed by atoms with Crippen LogP contribution in [0.3, 0.4) is 0 Å². The summed E-state index contributed by atoms with van der Waals surface area (Å²) in [6, 6.07) is 15.2. The molecule has 5 nitrogen and oxygen atoms in total. The van der Waals surface area contributed by atoms with Gasteiger partial charge in [-0.25, -0.2) is 15.0 Å². The summed E-state index contributed by atoms with van der Waals surface area (Å²) >= 11 is 14.0. The minimum Gasteiger partial charge on any atom is -0.381 e. The second-order valence-corrected chi connectivity index (χ2v) is 7.57. The van der Waals surface area contributed by atoms with Gasteiger partial charge in [0, 0.05) is 51.3 Å². The summed E-state index contributed by atoms with van der Waals surface area (Å²) in [6.45, 7) is 0.526. The van der Waals surface area contributed by atoms with Crippen molar-refractivity contribution in [3.05, 3.63) is 81.9 Å². The van der Waals surface area contributed by atoms with Crippen molar-refractivity contribution >= 4 is 51.9 Å². The number of anilines is 3. The molecule has 0 aliphatic heterocycles. The Labute approximate surface area is 176 Å². The van der Waals surface area contributed by atoms with Crippen LogP contribution in [0, 0.1) is 0 Å². The van der Waals surface area contributed by atoms with Crippen molar-refractivity contribution in [3.8, 4) is 10.7 Å². The molecular formula is C20H15Cl2N5S. The Hall–Kier alpha value is -2.67. The Balaban J connectivity index is 1.48. The van der Waals surface area contributed by atoms with Crippen LogP contribution in [0.4, 0.5) is 17.3 Å². The lowest BCUT2D eigenvalue weighted by Gasteiger charge is -2.11. The van der Waals surface area contributed by atoms with Gasteiger partial charge in [-0.1, -0.05) is 35.3 Å². The van der Waals surface area contributed by atoms with E-state index in [-0.39, 0.29) is 0 Å². The van der Waals surface area contributed by atoms with E-state index >= 15 is 0 Å². The monoisotopic (exact) mass is 427 g/mol. The lowest BCUT2D eigenvalue weighted by atomic mass is 10.2. The molecule has 0 radical (unpaired) electrons. The SMILES string of the molecule is Clc1cccc(Cl)c1CNc1cccc(Nc2nccc(-c3nccs3)n2)c1. The first-order valence-electron chi connectivity index (χ1n) is 8.46. The molecule has 4 rings (SSSR count). The zero-order valence-corrected chi connectivity index (χ0v) is 16.9. The summed E-state index contributed by atoms with van der Waals surface area (Å²) in [4.78, 5) is 13.1. The summed E-state index contributed by atoms with van der Waals surface area (Å²) in [6.07, 6.45) is 3.48. The molecule has 0 fully saturated rings. The number of thiazole rings is 1. The molecular weight excluding hydrogens is 413 g/mol. The Kier molecular flexibility index (Phi) is 5.71. The number of rotatable bonds is 6. The number of aromatic nitrogens is 3. The van der Waals surface area contributed by atoms with Gasteiger partial charge in [0.05, 0.1) is 0 Å². The molecule has 2 aromatic carbocycles. The number of halogens is 2. The summed E-state index contributed by atoms with van der Waals surface area (Å²) in [7, 11) is 0. The highest BCUT2D eigenvalue weighted by Gasteiger charge is 2.07. The minimum atomic E-state index is 0.513. The maximum atomic E-state index is 6.23. The maximum absolute atomic E-state index is 6.23. The summed E-state index contributed by atoms with van der Waals surface area (Å²) in [5, 5.41) is 10.6. The van der Waals surface area contributed by atoms with Gasteiger partial charge in [0.25, 0.3) is 0 Å². The first-order valence-corrected chi connectivity index (χ1v) is 10.1. The highest BCUT2D eigenvalue weighted by atomic mass is 35.5. The molecule has 0 aliphatic carbocycles. The number of hydrogen-bond donors (Lipinski definition) is 2. The standard InChI is InChI=1S/C20H15Cl2N5S/c21-16-5-2-6-17(22)15(16)12-25-13-3-1-4-14(11-13)26-20-24-8-7-18(27-20)19-23-9-10-28-19/h1-11,25H,12H2,(H,24,26,27). The van der Waals surface area contributed by atoms with Crippen LogP contribution in [0.2, 0.25) is 10.0 Å². The molecule has 0 unspecified atom stereocenters. The Morgan fingerprint density at radius 2 is 1.68 bits per heavy atom. The third kappa shape index (κ3) is 4.42. The second kappa shape index (κ2) is 8.56. The van der Waals surface area contributed by atoms with Crippen LogP contribution >= 0.6 is 34.5 Å². The number of benzene rings is 2. The van der Waals surface area contributed by atoms with Gasteiger partial charge in [-0.05, 0) is 36.4 Å². The third-order valence-corrected chi connectivity index (χ3v) is 5.46. The van der Waals surface area contributed by atoms with E-state index in [2.05, 4.69) is 25.6 Å². The molecule has 140 valence electrons. The van der Waals surface area contributed by atoms with Gasteiger partial charge < -0.3 is 10.6 Å². The molecule has 2 N–H and O–H groups in total. The van der Waals surface area contributed by atoms with Crippen molar-refractivity contribution in [1.29, 1.82) is 0 Å². The van der Waals surface area contributed by atoms with Gasteiger partial charge in [-0.3, -0.25) is 0 Å². The van der Waals surface area contributed by atoms with Gasteiger partial charge in [0.1, 0.15) is 10.7 Å². The largest absolute Gasteiger partial charge is 0.381 e. The smallest absolute Gasteiger partial charge is 0.227 e. The Bertz CT molecular complexity index is 1070. The van der Waals surface area contributed by atoms with Crippen molar-refractivity contribution in [2.45, 2.75) is 6.54 Å². The van der Waals surface area contributed by atoms with Gasteiger partial charge in [0.2, 0.25) is 5.95 Å². The molecule has 0 spiro atoms. The van der Waals surface area contributed by atoms with E-state index in [1.54, 1.807) is 12.4 Å². The van der Waals surface area contributed by atoms with E-state index < -0.39 is 0 Å². The Morgan fingerprint density at radius 1 is 0.893 bits per heavy atom. The van der Waals surface area contributed by atoms with E-state index in [0.717, 1.165) is 27.6 Å². The molecule has 8 heteroatoms. The summed E-state index contributed by atoms with van der Waals surface area (Å²) in [5.74, 6) is 0.513. The molecule has 4 aromatic rings. The van der Waals surface area contributed by atoms with Crippen molar-refractivity contribution in [1.82, 2.24) is 15.0 Å². The average Bonchev–Trinajstić information content (AvgIpc) is 3.23. The van der Waals surface area contributed by atoms with E-state index in [0.29, 0.717) is 22.5 Å². The topological polar surface area (TPSA) is 62.7 Å². The molecule has 0 saturated carbocycles. The highest BCUT2D eigenvalue weighted by Crippen LogP contribution is 2.26. The van der Waals surface area contributed by atoms with Crippen LogP contribution in [0.1, 0.15) is 5.56 Å². The fourth-order valence-electron chi connectivity index (χ4n) is 2.62. The van der Waals surface area contributed by atoms with E-state index in [4.69, 9.17) is 23.2 Å². The molecule has 0 aliphatic rings. The van der Waals surface area contributed by atoms with E-state index in [1.165, 1.54) is 11.3 Å². The number of nitrogens with one attached hydrogen (secondary N) is 2. The molecule has 2 aromatic heterocycles. The average molecular weight is 428 g/mol. The lowest BCUT2D eigenvalue weighted by Crippen LogP contribution is -2.02. The zero-order valence-electron chi connectivity index (χ0n) is 14.6. The quantitative estimate of drug-likeness (QED) is 0.379.